The van der Waals surface area contributed by atoms with E-state index in [2.05, 4.69) is 51.0 Å². The van der Waals surface area contributed by atoms with Crippen molar-refractivity contribution in [3.05, 3.63) is 22.3 Å². The minimum atomic E-state index is 0.339. The Hall–Kier alpha value is -0.650. The molecule has 0 aliphatic carbocycles. The van der Waals surface area contributed by atoms with Gasteiger partial charge in [0.15, 0.2) is 0 Å². The van der Waals surface area contributed by atoms with Crippen molar-refractivity contribution in [2.45, 2.75) is 45.8 Å². The third-order valence-corrected chi connectivity index (χ3v) is 4.17. The van der Waals surface area contributed by atoms with Gasteiger partial charge in [-0.05, 0) is 54.7 Å². The van der Waals surface area contributed by atoms with Crippen molar-refractivity contribution in [1.82, 2.24) is 10.3 Å². The van der Waals surface area contributed by atoms with E-state index < -0.39 is 0 Å². The molecule has 2 heterocycles. The van der Waals surface area contributed by atoms with Crippen LogP contribution >= 0.6 is 15.9 Å². The van der Waals surface area contributed by atoms with E-state index >= 15 is 0 Å². The number of nitrogens with zero attached hydrogens (tertiary/aromatic N) is 2. The molecule has 1 aromatic heterocycles. The Balaban J connectivity index is 2.09. The van der Waals surface area contributed by atoms with E-state index in [1.165, 1.54) is 12.0 Å². The van der Waals surface area contributed by atoms with Crippen molar-refractivity contribution in [3.8, 4) is 0 Å². The molecule has 1 aromatic rings. The summed E-state index contributed by atoms with van der Waals surface area (Å²) in [4.78, 5) is 7.03. The first-order chi connectivity index (χ1) is 10.2. The molecule has 1 atom stereocenters. The number of pyridine rings is 1. The maximum absolute atomic E-state index is 5.80. The highest BCUT2D eigenvalue weighted by molar-refractivity contribution is 9.10. The number of hydrogen-bond acceptors (Lipinski definition) is 4. The van der Waals surface area contributed by atoms with Crippen LogP contribution in [0.3, 0.4) is 0 Å². The van der Waals surface area contributed by atoms with Crippen molar-refractivity contribution in [1.29, 1.82) is 0 Å². The van der Waals surface area contributed by atoms with Crippen LogP contribution in [0.2, 0.25) is 0 Å². The normalized spacial score (nSPS) is 19.0. The molecule has 21 heavy (non-hydrogen) atoms. The summed E-state index contributed by atoms with van der Waals surface area (Å²) < 4.78 is 6.84. The van der Waals surface area contributed by atoms with E-state index in [1.54, 1.807) is 0 Å². The second kappa shape index (κ2) is 8.71. The molecule has 1 fully saturated rings. The smallest absolute Gasteiger partial charge is 0.133 e. The summed E-state index contributed by atoms with van der Waals surface area (Å²) in [7, 11) is 0. The number of hydrogen-bond donors (Lipinski definition) is 1. The fourth-order valence-electron chi connectivity index (χ4n) is 2.79. The van der Waals surface area contributed by atoms with E-state index in [0.717, 1.165) is 55.9 Å². The van der Waals surface area contributed by atoms with Gasteiger partial charge >= 0.3 is 0 Å². The minimum Gasteiger partial charge on any atom is -0.377 e. The molecule has 118 valence electrons. The van der Waals surface area contributed by atoms with E-state index in [9.17, 15) is 0 Å². The Morgan fingerprint density at radius 3 is 3.10 bits per heavy atom. The topological polar surface area (TPSA) is 37.4 Å². The zero-order valence-electron chi connectivity index (χ0n) is 13.1. The van der Waals surface area contributed by atoms with Crippen LogP contribution in [0.5, 0.6) is 0 Å². The maximum Gasteiger partial charge on any atom is 0.133 e. The van der Waals surface area contributed by atoms with Crippen LogP contribution < -0.4 is 10.2 Å². The van der Waals surface area contributed by atoms with Crippen molar-refractivity contribution in [2.24, 2.45) is 0 Å². The Morgan fingerprint density at radius 2 is 2.33 bits per heavy atom. The SMILES string of the molecule is CCCNCc1cc(Br)cnc1N1CCCC(OCC)C1. The van der Waals surface area contributed by atoms with E-state index in [0.29, 0.717) is 6.10 Å². The molecule has 1 aliphatic heterocycles. The first-order valence-electron chi connectivity index (χ1n) is 7.96. The Labute approximate surface area is 136 Å². The van der Waals surface area contributed by atoms with E-state index in [4.69, 9.17) is 4.74 Å². The zero-order valence-corrected chi connectivity index (χ0v) is 14.7. The molecule has 1 unspecified atom stereocenters. The molecule has 1 N–H and O–H groups in total. The fourth-order valence-corrected chi connectivity index (χ4v) is 3.17. The van der Waals surface area contributed by atoms with Crippen molar-refractivity contribution < 1.29 is 4.74 Å². The van der Waals surface area contributed by atoms with Crippen molar-refractivity contribution in [3.63, 3.8) is 0 Å². The average Bonchev–Trinajstić information content (AvgIpc) is 2.48. The number of anilines is 1. The largest absolute Gasteiger partial charge is 0.377 e. The standard InChI is InChI=1S/C16H26BrN3O/c1-3-7-18-10-13-9-14(17)11-19-16(13)20-8-5-6-15(12-20)21-4-2/h9,11,15,18H,3-8,10,12H2,1-2H3. The maximum atomic E-state index is 5.80. The van der Waals surface area contributed by atoms with Gasteiger partial charge in [-0.3, -0.25) is 0 Å². The zero-order chi connectivity index (χ0) is 15.1. The predicted molar refractivity (Wildman–Crippen MR) is 90.8 cm³/mol. The van der Waals surface area contributed by atoms with Gasteiger partial charge in [0.05, 0.1) is 6.10 Å². The second-order valence-corrected chi connectivity index (χ2v) is 6.39. The van der Waals surface area contributed by atoms with Gasteiger partial charge in [0.1, 0.15) is 5.82 Å². The van der Waals surface area contributed by atoms with Gasteiger partial charge in [0, 0.05) is 42.5 Å². The van der Waals surface area contributed by atoms with Crippen LogP contribution in [0, 0.1) is 0 Å². The Morgan fingerprint density at radius 1 is 1.48 bits per heavy atom. The van der Waals surface area contributed by atoms with Crippen LogP contribution in [-0.4, -0.2) is 37.3 Å². The van der Waals surface area contributed by atoms with Gasteiger partial charge in [-0.25, -0.2) is 4.98 Å². The van der Waals surface area contributed by atoms with Gasteiger partial charge in [-0.1, -0.05) is 6.92 Å². The molecule has 0 aromatic carbocycles. The van der Waals surface area contributed by atoms with E-state index in [1.807, 2.05) is 6.20 Å². The molecule has 1 saturated heterocycles. The molecule has 1 aliphatic rings. The first kappa shape index (κ1) is 16.7. The molecule has 4 nitrogen and oxygen atoms in total. The van der Waals surface area contributed by atoms with Gasteiger partial charge in [0.2, 0.25) is 0 Å². The number of rotatable bonds is 7. The highest BCUT2D eigenvalue weighted by Crippen LogP contribution is 2.25. The van der Waals surface area contributed by atoms with Crippen LogP contribution in [-0.2, 0) is 11.3 Å². The highest BCUT2D eigenvalue weighted by Gasteiger charge is 2.22. The number of aromatic nitrogens is 1. The van der Waals surface area contributed by atoms with Gasteiger partial charge in [-0.15, -0.1) is 0 Å². The highest BCUT2D eigenvalue weighted by atomic mass is 79.9. The number of halogens is 1. The molecule has 0 spiro atoms. The predicted octanol–water partition coefficient (Wildman–Crippen LogP) is 3.35. The molecular weight excluding hydrogens is 330 g/mol. The molecule has 0 saturated carbocycles. The molecule has 0 amide bonds. The van der Waals surface area contributed by atoms with Crippen LogP contribution in [0.1, 0.15) is 38.7 Å². The lowest BCUT2D eigenvalue weighted by molar-refractivity contribution is 0.0525. The first-order valence-corrected chi connectivity index (χ1v) is 8.75. The third-order valence-electron chi connectivity index (χ3n) is 3.73. The Kier molecular flexibility index (Phi) is 6.93. The van der Waals surface area contributed by atoms with Gasteiger partial charge in [0.25, 0.3) is 0 Å². The number of ether oxygens (including phenoxy) is 1. The van der Waals surface area contributed by atoms with Crippen LogP contribution in [0.25, 0.3) is 0 Å². The number of piperidine rings is 1. The quantitative estimate of drug-likeness (QED) is 0.761. The van der Waals surface area contributed by atoms with Crippen LogP contribution in [0.15, 0.2) is 16.7 Å². The summed E-state index contributed by atoms with van der Waals surface area (Å²) in [6.45, 7) is 8.96. The average molecular weight is 356 g/mol. The summed E-state index contributed by atoms with van der Waals surface area (Å²) in [5, 5.41) is 3.48. The fraction of sp³-hybridized carbons (Fsp3) is 0.688. The Bertz CT molecular complexity index is 440. The number of nitrogens with one attached hydrogen (secondary N) is 1. The van der Waals surface area contributed by atoms with Gasteiger partial charge < -0.3 is 15.0 Å². The summed E-state index contributed by atoms with van der Waals surface area (Å²) >= 11 is 3.53. The van der Waals surface area contributed by atoms with E-state index in [-0.39, 0.29) is 0 Å². The third kappa shape index (κ3) is 4.94. The summed E-state index contributed by atoms with van der Waals surface area (Å²) in [5.74, 6) is 1.10. The minimum absolute atomic E-state index is 0.339. The lowest BCUT2D eigenvalue weighted by Gasteiger charge is -2.34. The lowest BCUT2D eigenvalue weighted by atomic mass is 10.1. The second-order valence-electron chi connectivity index (χ2n) is 5.48. The lowest BCUT2D eigenvalue weighted by Crippen LogP contribution is -2.40. The summed E-state index contributed by atoms with van der Waals surface area (Å²) in [6, 6.07) is 2.18. The summed E-state index contributed by atoms with van der Waals surface area (Å²) in [5.41, 5.74) is 1.26. The molecular formula is C16H26BrN3O. The van der Waals surface area contributed by atoms with Crippen molar-refractivity contribution >= 4 is 21.7 Å². The molecule has 0 bridgehead atoms. The monoisotopic (exact) mass is 355 g/mol. The van der Waals surface area contributed by atoms with Crippen molar-refractivity contribution in [2.75, 3.05) is 31.1 Å². The van der Waals surface area contributed by atoms with Gasteiger partial charge in [-0.2, -0.15) is 0 Å². The van der Waals surface area contributed by atoms with Crippen LogP contribution in [0.4, 0.5) is 5.82 Å². The molecule has 5 heteroatoms. The summed E-state index contributed by atoms with van der Waals surface area (Å²) in [6.07, 6.45) is 5.70. The molecule has 2 rings (SSSR count). The molecule has 0 radical (unpaired) electrons.